The highest BCUT2D eigenvalue weighted by Crippen LogP contribution is 2.38. The molecular weight excluding hydrogens is 461 g/mol. The summed E-state index contributed by atoms with van der Waals surface area (Å²) >= 11 is 1.56. The van der Waals surface area contributed by atoms with Crippen LogP contribution in [-0.4, -0.2) is 54.2 Å². The number of anilines is 1. The van der Waals surface area contributed by atoms with Crippen molar-refractivity contribution in [2.75, 3.05) is 31.1 Å². The van der Waals surface area contributed by atoms with Crippen LogP contribution in [0.25, 0.3) is 11.3 Å². The van der Waals surface area contributed by atoms with Gasteiger partial charge in [-0.2, -0.15) is 0 Å². The van der Waals surface area contributed by atoms with Crippen LogP contribution in [0.2, 0.25) is 0 Å². The van der Waals surface area contributed by atoms with Gasteiger partial charge >= 0.3 is 0 Å². The Labute approximate surface area is 209 Å². The van der Waals surface area contributed by atoms with Crippen LogP contribution < -0.4 is 4.90 Å². The fourth-order valence-electron chi connectivity index (χ4n) is 5.16. The van der Waals surface area contributed by atoms with Crippen molar-refractivity contribution in [1.82, 2.24) is 9.88 Å². The predicted octanol–water partition coefficient (Wildman–Crippen LogP) is 5.64. The molecule has 0 unspecified atom stereocenters. The van der Waals surface area contributed by atoms with Gasteiger partial charge < -0.3 is 4.90 Å². The molecule has 2 heterocycles. The first-order valence-electron chi connectivity index (χ1n) is 12.4. The minimum absolute atomic E-state index is 0.0319. The topological polar surface area (TPSA) is 53.5 Å². The summed E-state index contributed by atoms with van der Waals surface area (Å²) in [5, 5.41) is 1.80. The molecule has 35 heavy (non-hydrogen) atoms. The van der Waals surface area contributed by atoms with Crippen molar-refractivity contribution in [2.45, 2.75) is 44.6 Å². The lowest BCUT2D eigenvalue weighted by Gasteiger charge is -2.41. The minimum atomic E-state index is -0.277. The number of thiazole rings is 1. The van der Waals surface area contributed by atoms with E-state index in [-0.39, 0.29) is 18.0 Å². The van der Waals surface area contributed by atoms with E-state index < -0.39 is 0 Å². The van der Waals surface area contributed by atoms with Crippen LogP contribution >= 0.6 is 11.3 Å². The second-order valence-corrected chi connectivity index (χ2v) is 10.5. The van der Waals surface area contributed by atoms with Crippen molar-refractivity contribution in [3.05, 3.63) is 70.5 Å². The Morgan fingerprint density at radius 2 is 1.66 bits per heavy atom. The summed E-state index contributed by atoms with van der Waals surface area (Å²) in [6.07, 6.45) is 7.61. The summed E-state index contributed by atoms with van der Waals surface area (Å²) in [7, 11) is 0. The Balaban J connectivity index is 1.36. The normalized spacial score (nSPS) is 17.5. The van der Waals surface area contributed by atoms with Crippen molar-refractivity contribution >= 4 is 28.4 Å². The molecule has 5 rings (SSSR count). The van der Waals surface area contributed by atoms with Gasteiger partial charge in [0.15, 0.2) is 5.78 Å². The zero-order chi connectivity index (χ0) is 24.2. The molecule has 1 saturated heterocycles. The van der Waals surface area contributed by atoms with Crippen molar-refractivity contribution in [2.24, 2.45) is 0 Å². The first-order valence-corrected chi connectivity index (χ1v) is 13.3. The van der Waals surface area contributed by atoms with E-state index in [1.165, 1.54) is 44.2 Å². The Bertz CT molecular complexity index is 1160. The van der Waals surface area contributed by atoms with E-state index >= 15 is 0 Å². The number of Topliss-reactive ketones (excluding diaryl/α,β-unsaturated/α-hetero) is 1. The highest BCUT2D eigenvalue weighted by Gasteiger charge is 2.28. The van der Waals surface area contributed by atoms with E-state index in [4.69, 9.17) is 4.98 Å². The number of benzene rings is 2. The number of rotatable bonds is 7. The number of hydrogen-bond donors (Lipinski definition) is 0. The number of carbonyl (C=O) groups excluding carboxylic acids is 2. The molecule has 0 spiro atoms. The summed E-state index contributed by atoms with van der Waals surface area (Å²) in [4.78, 5) is 33.7. The number of carbonyl (C=O) groups is 2. The summed E-state index contributed by atoms with van der Waals surface area (Å²) in [6.45, 7) is 3.91. The molecule has 1 saturated carbocycles. The molecule has 7 heteroatoms. The molecule has 5 nitrogen and oxygen atoms in total. The lowest BCUT2D eigenvalue weighted by molar-refractivity contribution is 0.0992. The van der Waals surface area contributed by atoms with E-state index in [0.29, 0.717) is 17.2 Å². The number of ketones is 1. The van der Waals surface area contributed by atoms with E-state index in [1.807, 2.05) is 0 Å². The van der Waals surface area contributed by atoms with Crippen LogP contribution in [0.5, 0.6) is 0 Å². The second-order valence-electron chi connectivity index (χ2n) is 9.42. The molecule has 2 aliphatic rings. The second kappa shape index (κ2) is 10.8. The van der Waals surface area contributed by atoms with Crippen molar-refractivity contribution in [3.8, 4) is 11.3 Å². The van der Waals surface area contributed by atoms with Gasteiger partial charge in [-0.1, -0.05) is 43.5 Å². The maximum atomic E-state index is 13.6. The van der Waals surface area contributed by atoms with Gasteiger partial charge in [-0.15, -0.1) is 11.3 Å². The van der Waals surface area contributed by atoms with E-state index in [0.717, 1.165) is 53.7 Å². The summed E-state index contributed by atoms with van der Waals surface area (Å²) in [5.41, 5.74) is 2.79. The van der Waals surface area contributed by atoms with Crippen LogP contribution in [0.4, 0.5) is 9.39 Å². The van der Waals surface area contributed by atoms with Gasteiger partial charge in [0.05, 0.1) is 6.42 Å². The van der Waals surface area contributed by atoms with Gasteiger partial charge in [0.1, 0.15) is 27.8 Å². The van der Waals surface area contributed by atoms with Gasteiger partial charge in [0.25, 0.3) is 0 Å². The van der Waals surface area contributed by atoms with Gasteiger partial charge in [-0.3, -0.25) is 14.5 Å². The van der Waals surface area contributed by atoms with Crippen LogP contribution in [0.15, 0.2) is 48.5 Å². The van der Waals surface area contributed by atoms with Gasteiger partial charge in [-0.25, -0.2) is 9.37 Å². The predicted molar refractivity (Wildman–Crippen MR) is 138 cm³/mol. The van der Waals surface area contributed by atoms with Crippen molar-refractivity contribution in [3.63, 3.8) is 0 Å². The SMILES string of the molecule is O=Cc1ccc(C(=O)Cc2nc(-c3ccc(F)cc3)c(N3CCN(C4CCCCC4)CC3)s2)cc1. The van der Waals surface area contributed by atoms with Crippen LogP contribution in [0, 0.1) is 5.82 Å². The molecule has 182 valence electrons. The number of piperazine rings is 1. The third-order valence-electron chi connectivity index (χ3n) is 7.14. The average molecular weight is 492 g/mol. The highest BCUT2D eigenvalue weighted by molar-refractivity contribution is 7.16. The Hall–Kier alpha value is -2.90. The number of nitrogens with zero attached hydrogens (tertiary/aromatic N) is 3. The fourth-order valence-corrected chi connectivity index (χ4v) is 6.30. The molecule has 0 bridgehead atoms. The average Bonchev–Trinajstić information content (AvgIpc) is 3.33. The number of aldehydes is 1. The summed E-state index contributed by atoms with van der Waals surface area (Å²) in [6, 6.07) is 13.8. The molecule has 3 aromatic rings. The standard InChI is InChI=1S/C28H30FN3O2S/c29-23-12-10-22(11-13-23)27-28(32-16-14-31(15-17-32)24-4-2-1-3-5-24)35-26(30-27)18-25(34)21-8-6-20(19-33)7-9-21/h6-13,19,24H,1-5,14-18H2. The Kier molecular flexibility index (Phi) is 7.35. The molecular formula is C28H30FN3O2S. The molecule has 0 amide bonds. The Morgan fingerprint density at radius 3 is 2.31 bits per heavy atom. The zero-order valence-electron chi connectivity index (χ0n) is 19.8. The first-order chi connectivity index (χ1) is 17.1. The summed E-state index contributed by atoms with van der Waals surface area (Å²) < 4.78 is 13.6. The van der Waals surface area contributed by atoms with E-state index in [2.05, 4.69) is 9.80 Å². The molecule has 1 aliphatic heterocycles. The Morgan fingerprint density at radius 1 is 0.971 bits per heavy atom. The lowest BCUT2D eigenvalue weighted by Crippen LogP contribution is -2.50. The monoisotopic (exact) mass is 491 g/mol. The maximum absolute atomic E-state index is 13.6. The highest BCUT2D eigenvalue weighted by atomic mass is 32.1. The molecule has 0 N–H and O–H groups in total. The van der Waals surface area contributed by atoms with Gasteiger partial charge in [-0.05, 0) is 37.1 Å². The lowest BCUT2D eigenvalue weighted by atomic mass is 9.94. The quantitative estimate of drug-likeness (QED) is 0.316. The number of halogens is 1. The molecule has 1 aliphatic carbocycles. The summed E-state index contributed by atoms with van der Waals surface area (Å²) in [5.74, 6) is -0.309. The third-order valence-corrected chi connectivity index (χ3v) is 8.26. The largest absolute Gasteiger partial charge is 0.359 e. The smallest absolute Gasteiger partial charge is 0.169 e. The van der Waals surface area contributed by atoms with E-state index in [9.17, 15) is 14.0 Å². The molecule has 0 radical (unpaired) electrons. The van der Waals surface area contributed by atoms with Crippen molar-refractivity contribution in [1.29, 1.82) is 0 Å². The van der Waals surface area contributed by atoms with Crippen LogP contribution in [-0.2, 0) is 6.42 Å². The third kappa shape index (κ3) is 5.52. The van der Waals surface area contributed by atoms with Crippen LogP contribution in [0.3, 0.4) is 0 Å². The van der Waals surface area contributed by atoms with Crippen LogP contribution in [0.1, 0.15) is 57.8 Å². The number of aromatic nitrogens is 1. The maximum Gasteiger partial charge on any atom is 0.169 e. The first kappa shape index (κ1) is 23.8. The molecule has 2 fully saturated rings. The van der Waals surface area contributed by atoms with Gasteiger partial charge in [0, 0.05) is 48.9 Å². The molecule has 2 aromatic carbocycles. The van der Waals surface area contributed by atoms with E-state index in [1.54, 1.807) is 47.7 Å². The van der Waals surface area contributed by atoms with Gasteiger partial charge in [0.2, 0.25) is 0 Å². The molecule has 0 atom stereocenters. The number of hydrogen-bond acceptors (Lipinski definition) is 6. The zero-order valence-corrected chi connectivity index (χ0v) is 20.6. The van der Waals surface area contributed by atoms with Crippen molar-refractivity contribution < 1.29 is 14.0 Å². The minimum Gasteiger partial charge on any atom is -0.359 e. The molecule has 1 aromatic heterocycles. The fraction of sp³-hybridized carbons (Fsp3) is 0.393.